The molecule has 2 atom stereocenters. The van der Waals surface area contributed by atoms with E-state index in [1.807, 2.05) is 6.92 Å². The van der Waals surface area contributed by atoms with Crippen LogP contribution in [0.25, 0.3) is 0 Å². The molecule has 20 heavy (non-hydrogen) atoms. The SMILES string of the molecule is Cc1ccc([C@H](C)NC(=O)CC(N)CC(C)(C)C)cc1. The van der Waals surface area contributed by atoms with E-state index in [1.54, 1.807) is 0 Å². The first-order valence-corrected chi connectivity index (χ1v) is 7.29. The first-order valence-electron chi connectivity index (χ1n) is 7.29. The van der Waals surface area contributed by atoms with Crippen LogP contribution in [0.1, 0.15) is 57.7 Å². The van der Waals surface area contributed by atoms with Gasteiger partial charge >= 0.3 is 0 Å². The number of rotatable bonds is 5. The molecule has 0 saturated carbocycles. The van der Waals surface area contributed by atoms with Crippen molar-refractivity contribution in [3.05, 3.63) is 35.4 Å². The van der Waals surface area contributed by atoms with E-state index < -0.39 is 0 Å². The maximum absolute atomic E-state index is 12.0. The fourth-order valence-corrected chi connectivity index (χ4v) is 2.34. The lowest BCUT2D eigenvalue weighted by Crippen LogP contribution is -2.35. The third-order valence-corrected chi connectivity index (χ3v) is 3.28. The van der Waals surface area contributed by atoms with Crippen LogP contribution in [0.15, 0.2) is 24.3 Å². The van der Waals surface area contributed by atoms with Crippen LogP contribution < -0.4 is 11.1 Å². The van der Waals surface area contributed by atoms with Gasteiger partial charge in [0.2, 0.25) is 5.91 Å². The number of nitrogens with two attached hydrogens (primary N) is 1. The molecule has 1 aromatic carbocycles. The molecule has 112 valence electrons. The minimum absolute atomic E-state index is 0.0185. The first kappa shape index (κ1) is 16.7. The Labute approximate surface area is 122 Å². The van der Waals surface area contributed by atoms with Crippen molar-refractivity contribution in [3.8, 4) is 0 Å². The zero-order valence-electron chi connectivity index (χ0n) is 13.4. The van der Waals surface area contributed by atoms with Crippen LogP contribution in [0.2, 0.25) is 0 Å². The van der Waals surface area contributed by atoms with E-state index in [1.165, 1.54) is 5.56 Å². The van der Waals surface area contributed by atoms with Crippen molar-refractivity contribution >= 4 is 5.91 Å². The smallest absolute Gasteiger partial charge is 0.222 e. The second kappa shape index (κ2) is 6.89. The normalized spacial score (nSPS) is 14.7. The third-order valence-electron chi connectivity index (χ3n) is 3.28. The number of benzene rings is 1. The summed E-state index contributed by atoms with van der Waals surface area (Å²) in [5.41, 5.74) is 8.53. The number of hydrogen-bond donors (Lipinski definition) is 2. The van der Waals surface area contributed by atoms with Crippen molar-refractivity contribution < 1.29 is 4.79 Å². The van der Waals surface area contributed by atoms with E-state index in [4.69, 9.17) is 5.73 Å². The summed E-state index contributed by atoms with van der Waals surface area (Å²) in [5, 5.41) is 3.01. The van der Waals surface area contributed by atoms with Crippen molar-refractivity contribution in [3.63, 3.8) is 0 Å². The summed E-state index contributed by atoms with van der Waals surface area (Å²) in [7, 11) is 0. The van der Waals surface area contributed by atoms with Gasteiger partial charge in [0.25, 0.3) is 0 Å². The molecule has 3 N–H and O–H groups in total. The molecule has 0 aliphatic heterocycles. The van der Waals surface area contributed by atoms with E-state index >= 15 is 0 Å². The molecule has 0 aliphatic carbocycles. The molecule has 3 nitrogen and oxygen atoms in total. The van der Waals surface area contributed by atoms with Gasteiger partial charge < -0.3 is 11.1 Å². The molecule has 0 aliphatic rings. The summed E-state index contributed by atoms with van der Waals surface area (Å²) in [6, 6.07) is 8.15. The van der Waals surface area contributed by atoms with Gasteiger partial charge in [-0.3, -0.25) is 4.79 Å². The molecule has 1 rings (SSSR count). The van der Waals surface area contributed by atoms with E-state index in [2.05, 4.69) is 57.3 Å². The van der Waals surface area contributed by atoms with Crippen molar-refractivity contribution in [1.82, 2.24) is 5.32 Å². The Balaban J connectivity index is 2.47. The van der Waals surface area contributed by atoms with Crippen molar-refractivity contribution in [1.29, 1.82) is 0 Å². The Bertz CT molecular complexity index is 431. The Kier molecular flexibility index (Phi) is 5.75. The minimum Gasteiger partial charge on any atom is -0.350 e. The second-order valence-electron chi connectivity index (χ2n) is 6.93. The van der Waals surface area contributed by atoms with Gasteiger partial charge in [0.1, 0.15) is 0 Å². The standard InChI is InChI=1S/C17H28N2O/c1-12-6-8-14(9-7-12)13(2)19-16(20)10-15(18)11-17(3,4)5/h6-9,13,15H,10-11,18H2,1-5H3,(H,19,20)/t13-,15?/m0/s1. The molecular weight excluding hydrogens is 248 g/mol. The number of amides is 1. The molecule has 0 aromatic heterocycles. The molecule has 0 spiro atoms. The lowest BCUT2D eigenvalue weighted by atomic mass is 9.87. The van der Waals surface area contributed by atoms with Gasteiger partial charge in [-0.05, 0) is 31.2 Å². The molecule has 0 saturated heterocycles. The van der Waals surface area contributed by atoms with Crippen LogP contribution in [0.4, 0.5) is 0 Å². The molecule has 1 aromatic rings. The number of aryl methyl sites for hydroxylation is 1. The molecule has 0 bridgehead atoms. The molecule has 1 unspecified atom stereocenters. The van der Waals surface area contributed by atoms with Crippen LogP contribution in [-0.2, 0) is 4.79 Å². The van der Waals surface area contributed by atoms with Gasteiger partial charge in [-0.25, -0.2) is 0 Å². The number of carbonyl (C=O) groups excluding carboxylic acids is 1. The van der Waals surface area contributed by atoms with Crippen molar-refractivity contribution in [2.45, 2.75) is 59.5 Å². The Hall–Kier alpha value is -1.35. The lowest BCUT2D eigenvalue weighted by molar-refractivity contribution is -0.122. The molecule has 0 radical (unpaired) electrons. The number of nitrogens with one attached hydrogen (secondary N) is 1. The van der Waals surface area contributed by atoms with Crippen LogP contribution >= 0.6 is 0 Å². The van der Waals surface area contributed by atoms with Crippen LogP contribution in [0.3, 0.4) is 0 Å². The van der Waals surface area contributed by atoms with Gasteiger partial charge in [0.15, 0.2) is 0 Å². The van der Waals surface area contributed by atoms with Gasteiger partial charge in [-0.2, -0.15) is 0 Å². The topological polar surface area (TPSA) is 55.1 Å². The highest BCUT2D eigenvalue weighted by Crippen LogP contribution is 2.21. The monoisotopic (exact) mass is 276 g/mol. The lowest BCUT2D eigenvalue weighted by Gasteiger charge is -2.23. The molecular formula is C17H28N2O. The van der Waals surface area contributed by atoms with Crippen LogP contribution in [0.5, 0.6) is 0 Å². The quantitative estimate of drug-likeness (QED) is 0.866. The van der Waals surface area contributed by atoms with E-state index in [0.29, 0.717) is 6.42 Å². The summed E-state index contributed by atoms with van der Waals surface area (Å²) in [6.45, 7) is 10.5. The largest absolute Gasteiger partial charge is 0.350 e. The predicted octanol–water partition coefficient (Wildman–Crippen LogP) is 3.33. The van der Waals surface area contributed by atoms with E-state index in [0.717, 1.165) is 12.0 Å². The predicted molar refractivity (Wildman–Crippen MR) is 84.4 cm³/mol. The molecule has 3 heteroatoms. The van der Waals surface area contributed by atoms with Gasteiger partial charge in [0.05, 0.1) is 6.04 Å². The third kappa shape index (κ3) is 6.20. The Morgan fingerprint density at radius 1 is 1.25 bits per heavy atom. The minimum atomic E-state index is -0.0831. The maximum Gasteiger partial charge on any atom is 0.222 e. The highest BCUT2D eigenvalue weighted by atomic mass is 16.1. The highest BCUT2D eigenvalue weighted by Gasteiger charge is 2.19. The van der Waals surface area contributed by atoms with Gasteiger partial charge in [0, 0.05) is 12.5 Å². The summed E-state index contributed by atoms with van der Waals surface area (Å²) in [6.07, 6.45) is 1.23. The summed E-state index contributed by atoms with van der Waals surface area (Å²) in [5.74, 6) is 0.0230. The Morgan fingerprint density at radius 3 is 2.30 bits per heavy atom. The van der Waals surface area contributed by atoms with Gasteiger partial charge in [-0.1, -0.05) is 50.6 Å². The highest BCUT2D eigenvalue weighted by molar-refractivity contribution is 5.77. The molecule has 0 heterocycles. The number of hydrogen-bond acceptors (Lipinski definition) is 2. The second-order valence-corrected chi connectivity index (χ2v) is 6.93. The molecule has 0 fully saturated rings. The first-order chi connectivity index (χ1) is 9.17. The fourth-order valence-electron chi connectivity index (χ4n) is 2.34. The summed E-state index contributed by atoms with van der Waals surface area (Å²) in [4.78, 5) is 12.0. The average molecular weight is 276 g/mol. The number of carbonyl (C=O) groups is 1. The zero-order valence-corrected chi connectivity index (χ0v) is 13.4. The van der Waals surface area contributed by atoms with Gasteiger partial charge in [-0.15, -0.1) is 0 Å². The average Bonchev–Trinajstić information content (AvgIpc) is 2.26. The fraction of sp³-hybridized carbons (Fsp3) is 0.588. The summed E-state index contributed by atoms with van der Waals surface area (Å²) < 4.78 is 0. The van der Waals surface area contributed by atoms with Crippen molar-refractivity contribution in [2.75, 3.05) is 0 Å². The maximum atomic E-state index is 12.0. The van der Waals surface area contributed by atoms with E-state index in [-0.39, 0.29) is 23.4 Å². The summed E-state index contributed by atoms with van der Waals surface area (Å²) >= 11 is 0. The van der Waals surface area contributed by atoms with Crippen LogP contribution in [0, 0.1) is 12.3 Å². The van der Waals surface area contributed by atoms with E-state index in [9.17, 15) is 4.79 Å². The zero-order chi connectivity index (χ0) is 15.3. The Morgan fingerprint density at radius 2 is 1.80 bits per heavy atom. The van der Waals surface area contributed by atoms with Crippen LogP contribution in [-0.4, -0.2) is 11.9 Å². The van der Waals surface area contributed by atoms with Crippen molar-refractivity contribution in [2.24, 2.45) is 11.1 Å². The molecule has 1 amide bonds.